The van der Waals surface area contributed by atoms with Crippen LogP contribution in [0.15, 0.2) is 48.8 Å². The van der Waals surface area contributed by atoms with Crippen molar-refractivity contribution in [2.75, 3.05) is 36.4 Å². The molecule has 7 nitrogen and oxygen atoms in total. The highest BCUT2D eigenvalue weighted by Crippen LogP contribution is 2.20. The van der Waals surface area contributed by atoms with E-state index in [9.17, 15) is 9.59 Å². The monoisotopic (exact) mass is 363 g/mol. The van der Waals surface area contributed by atoms with Gasteiger partial charge in [-0.15, -0.1) is 0 Å². The number of aromatic nitrogens is 2. The molecule has 3 aromatic rings. The van der Waals surface area contributed by atoms with Crippen molar-refractivity contribution in [1.82, 2.24) is 14.9 Å². The third-order valence-corrected chi connectivity index (χ3v) is 4.90. The predicted octanol–water partition coefficient (Wildman–Crippen LogP) is 2.48. The van der Waals surface area contributed by atoms with Crippen molar-refractivity contribution < 1.29 is 9.59 Å². The van der Waals surface area contributed by atoms with Gasteiger partial charge in [0.25, 0.3) is 5.91 Å². The van der Waals surface area contributed by atoms with E-state index in [1.54, 1.807) is 25.4 Å². The van der Waals surface area contributed by atoms with E-state index in [0.29, 0.717) is 5.56 Å². The molecule has 2 aromatic carbocycles. The highest BCUT2D eigenvalue weighted by Gasteiger charge is 2.18. The van der Waals surface area contributed by atoms with Crippen LogP contribution < -0.4 is 10.2 Å². The number of hydrogen-bond acceptors (Lipinski definition) is 4. The zero-order valence-electron chi connectivity index (χ0n) is 15.1. The molecule has 1 aliphatic rings. The van der Waals surface area contributed by atoms with Crippen molar-refractivity contribution in [1.29, 1.82) is 0 Å². The first-order chi connectivity index (χ1) is 13.1. The minimum atomic E-state index is -0.158. The van der Waals surface area contributed by atoms with Gasteiger partial charge in [-0.1, -0.05) is 0 Å². The van der Waals surface area contributed by atoms with Crippen molar-refractivity contribution in [2.24, 2.45) is 0 Å². The van der Waals surface area contributed by atoms with Gasteiger partial charge >= 0.3 is 0 Å². The summed E-state index contributed by atoms with van der Waals surface area (Å²) in [5, 5.41) is 2.92. The fraction of sp³-hybridized carbons (Fsp3) is 0.250. The minimum absolute atomic E-state index is 0.126. The Kier molecular flexibility index (Phi) is 4.50. The summed E-state index contributed by atoms with van der Waals surface area (Å²) in [6, 6.07) is 13.2. The van der Waals surface area contributed by atoms with Crippen LogP contribution >= 0.6 is 0 Å². The maximum atomic E-state index is 12.5. The number of anilines is 2. The van der Waals surface area contributed by atoms with Crippen molar-refractivity contribution in [3.05, 3.63) is 54.4 Å². The number of rotatable bonds is 3. The van der Waals surface area contributed by atoms with Crippen molar-refractivity contribution in [2.45, 2.75) is 6.92 Å². The zero-order valence-corrected chi connectivity index (χ0v) is 15.1. The molecule has 0 unspecified atom stereocenters. The van der Waals surface area contributed by atoms with Crippen molar-refractivity contribution >= 4 is 34.2 Å². The van der Waals surface area contributed by atoms with E-state index in [1.807, 2.05) is 35.2 Å². The highest BCUT2D eigenvalue weighted by atomic mass is 16.2. The van der Waals surface area contributed by atoms with E-state index in [-0.39, 0.29) is 11.8 Å². The molecular formula is C20H21N5O2. The summed E-state index contributed by atoms with van der Waals surface area (Å²) in [4.78, 5) is 35.2. The molecule has 1 aromatic heterocycles. The van der Waals surface area contributed by atoms with E-state index >= 15 is 0 Å². The largest absolute Gasteiger partial charge is 0.368 e. The first kappa shape index (κ1) is 17.1. The molecular weight excluding hydrogens is 342 g/mol. The molecule has 1 saturated heterocycles. The lowest BCUT2D eigenvalue weighted by Crippen LogP contribution is -2.48. The fourth-order valence-corrected chi connectivity index (χ4v) is 3.32. The van der Waals surface area contributed by atoms with Gasteiger partial charge in [0, 0.05) is 50.0 Å². The third kappa shape index (κ3) is 3.62. The number of benzene rings is 2. The summed E-state index contributed by atoms with van der Waals surface area (Å²) in [5.74, 6) is -0.0321. The Hall–Kier alpha value is -3.35. The summed E-state index contributed by atoms with van der Waals surface area (Å²) in [6.07, 6.45) is 1.61. The number of nitrogens with zero attached hydrogens (tertiary/aromatic N) is 3. The number of carbonyl (C=O) groups is 2. The van der Waals surface area contributed by atoms with Gasteiger partial charge < -0.3 is 20.1 Å². The fourth-order valence-electron chi connectivity index (χ4n) is 3.32. The average molecular weight is 363 g/mol. The van der Waals surface area contributed by atoms with Gasteiger partial charge in [0.05, 0.1) is 17.4 Å². The summed E-state index contributed by atoms with van der Waals surface area (Å²) < 4.78 is 0. The molecule has 7 heteroatoms. The highest BCUT2D eigenvalue weighted by molar-refractivity contribution is 6.05. The number of imidazole rings is 1. The number of piperazine rings is 1. The lowest BCUT2D eigenvalue weighted by Gasteiger charge is -2.35. The van der Waals surface area contributed by atoms with E-state index in [1.165, 1.54) is 0 Å². The Morgan fingerprint density at radius 1 is 1.04 bits per heavy atom. The number of nitrogens with one attached hydrogen (secondary N) is 2. The zero-order chi connectivity index (χ0) is 18.8. The Bertz CT molecular complexity index is 971. The molecule has 1 aliphatic heterocycles. The van der Waals surface area contributed by atoms with Crippen molar-refractivity contribution in [3.63, 3.8) is 0 Å². The van der Waals surface area contributed by atoms with E-state index in [0.717, 1.165) is 48.6 Å². The number of H-pyrrole nitrogens is 1. The molecule has 1 fully saturated rings. The maximum Gasteiger partial charge on any atom is 0.255 e. The molecule has 0 atom stereocenters. The molecule has 2 amide bonds. The number of hydrogen-bond donors (Lipinski definition) is 2. The van der Waals surface area contributed by atoms with E-state index < -0.39 is 0 Å². The van der Waals surface area contributed by atoms with Crippen LogP contribution in [0.5, 0.6) is 0 Å². The van der Waals surface area contributed by atoms with Crippen LogP contribution in [0.4, 0.5) is 11.4 Å². The van der Waals surface area contributed by atoms with Crippen LogP contribution in [0.2, 0.25) is 0 Å². The number of amides is 2. The molecule has 27 heavy (non-hydrogen) atoms. The maximum absolute atomic E-state index is 12.5. The Morgan fingerprint density at radius 3 is 2.48 bits per heavy atom. The average Bonchev–Trinajstić information content (AvgIpc) is 3.16. The third-order valence-electron chi connectivity index (χ3n) is 4.90. The second kappa shape index (κ2) is 7.11. The first-order valence-corrected chi connectivity index (χ1v) is 8.95. The Labute approximate surface area is 157 Å². The van der Waals surface area contributed by atoms with Gasteiger partial charge in [0.15, 0.2) is 0 Å². The standard InChI is InChI=1S/C20H21N5O2/c1-14(26)24-8-10-25(11-9-24)17-5-3-16(4-6-17)23-20(27)15-2-7-18-19(12-15)22-13-21-18/h2-7,12-13H,8-11H2,1H3,(H,21,22)(H,23,27). The molecule has 2 heterocycles. The number of aromatic amines is 1. The molecule has 0 aliphatic carbocycles. The van der Waals surface area contributed by atoms with Crippen LogP contribution in [0.25, 0.3) is 11.0 Å². The van der Waals surface area contributed by atoms with Gasteiger partial charge in [0.1, 0.15) is 0 Å². The SMILES string of the molecule is CC(=O)N1CCN(c2ccc(NC(=O)c3ccc4nc[nH]c4c3)cc2)CC1. The van der Waals surface area contributed by atoms with Crippen LogP contribution in [-0.2, 0) is 4.79 Å². The molecule has 0 radical (unpaired) electrons. The second-order valence-corrected chi connectivity index (χ2v) is 6.63. The van der Waals surface area contributed by atoms with Gasteiger partial charge in [-0.2, -0.15) is 0 Å². The topological polar surface area (TPSA) is 81.3 Å². The number of carbonyl (C=O) groups excluding carboxylic acids is 2. The van der Waals surface area contributed by atoms with Gasteiger partial charge in [-0.25, -0.2) is 4.98 Å². The van der Waals surface area contributed by atoms with Gasteiger partial charge in [-0.3, -0.25) is 9.59 Å². The molecule has 0 bridgehead atoms. The Balaban J connectivity index is 1.40. The molecule has 138 valence electrons. The molecule has 0 spiro atoms. The Morgan fingerprint density at radius 2 is 1.78 bits per heavy atom. The summed E-state index contributed by atoms with van der Waals surface area (Å²) in [7, 11) is 0. The van der Waals surface area contributed by atoms with Crippen molar-refractivity contribution in [3.8, 4) is 0 Å². The minimum Gasteiger partial charge on any atom is -0.368 e. The van der Waals surface area contributed by atoms with Crippen LogP contribution in [0, 0.1) is 0 Å². The molecule has 4 rings (SSSR count). The normalized spacial score (nSPS) is 14.4. The summed E-state index contributed by atoms with van der Waals surface area (Å²) in [5.41, 5.74) is 4.09. The molecule has 2 N–H and O–H groups in total. The lowest BCUT2D eigenvalue weighted by atomic mass is 10.1. The van der Waals surface area contributed by atoms with Crippen LogP contribution in [-0.4, -0.2) is 52.9 Å². The first-order valence-electron chi connectivity index (χ1n) is 8.95. The quantitative estimate of drug-likeness (QED) is 0.749. The van der Waals surface area contributed by atoms with E-state index in [2.05, 4.69) is 20.2 Å². The summed E-state index contributed by atoms with van der Waals surface area (Å²) >= 11 is 0. The van der Waals surface area contributed by atoms with Crippen LogP contribution in [0.3, 0.4) is 0 Å². The molecule has 0 saturated carbocycles. The second-order valence-electron chi connectivity index (χ2n) is 6.63. The van der Waals surface area contributed by atoms with E-state index in [4.69, 9.17) is 0 Å². The van der Waals surface area contributed by atoms with Crippen LogP contribution in [0.1, 0.15) is 17.3 Å². The number of fused-ring (bicyclic) bond motifs is 1. The smallest absolute Gasteiger partial charge is 0.255 e. The van der Waals surface area contributed by atoms with Gasteiger partial charge in [0.2, 0.25) is 5.91 Å². The summed E-state index contributed by atoms with van der Waals surface area (Å²) in [6.45, 7) is 4.72. The predicted molar refractivity (Wildman–Crippen MR) is 105 cm³/mol. The lowest BCUT2D eigenvalue weighted by molar-refractivity contribution is -0.129. The van der Waals surface area contributed by atoms with Gasteiger partial charge in [-0.05, 0) is 42.5 Å².